The Morgan fingerprint density at radius 2 is 1.93 bits per heavy atom. The third-order valence-electron chi connectivity index (χ3n) is 1.27. The van der Waals surface area contributed by atoms with E-state index >= 15 is 0 Å². The molecule has 0 aliphatic rings. The molecule has 14 heavy (non-hydrogen) atoms. The zero-order chi connectivity index (χ0) is 11.4. The molecule has 3 nitrogen and oxygen atoms in total. The van der Waals surface area contributed by atoms with Crippen molar-refractivity contribution < 1.29 is 25.9 Å². The number of hydrogen-bond donors (Lipinski definition) is 0. The Labute approximate surface area is 84.3 Å². The third kappa shape index (κ3) is 3.49. The molecule has 0 rings (SSSR count). The summed E-state index contributed by atoms with van der Waals surface area (Å²) < 4.78 is 56.5. The van der Waals surface area contributed by atoms with Gasteiger partial charge in [0, 0.05) is 5.75 Å². The number of carbonyl (C=O) groups excluding carboxylic acids is 1. The molecule has 0 aliphatic heterocycles. The second-order valence-corrected chi connectivity index (χ2v) is 4.90. The van der Waals surface area contributed by atoms with Gasteiger partial charge in [-0.15, -0.1) is 0 Å². The number of hydrogen-bond acceptors (Lipinski definition) is 4. The highest BCUT2D eigenvalue weighted by Crippen LogP contribution is 2.29. The molecule has 8 heteroatoms. The highest BCUT2D eigenvalue weighted by atomic mass is 32.3. The first-order valence-corrected chi connectivity index (χ1v) is 6.09. The molecular weight excluding hydrogens is 241 g/mol. The van der Waals surface area contributed by atoms with Crippen molar-refractivity contribution >= 4 is 27.1 Å². The molecule has 0 aromatic heterocycles. The van der Waals surface area contributed by atoms with Crippen molar-refractivity contribution in [2.75, 3.05) is 5.75 Å². The predicted octanol–water partition coefficient (Wildman–Crippen LogP) is 1.94. The van der Waals surface area contributed by atoms with E-state index in [2.05, 4.69) is 0 Å². The fourth-order valence-electron chi connectivity index (χ4n) is 0.493. The van der Waals surface area contributed by atoms with Gasteiger partial charge in [-0.2, -0.15) is 17.2 Å². The maximum atomic E-state index is 12.4. The Hall–Kier alpha value is -0.240. The van der Waals surface area contributed by atoms with Crippen LogP contribution in [-0.4, -0.2) is 24.5 Å². The molecule has 0 amide bonds. The van der Waals surface area contributed by atoms with Crippen LogP contribution in [0.3, 0.4) is 0 Å². The van der Waals surface area contributed by atoms with Crippen molar-refractivity contribution in [3.8, 4) is 0 Å². The number of halogens is 3. The molecule has 0 fully saturated rings. The maximum Gasteiger partial charge on any atom is 0.441 e. The van der Waals surface area contributed by atoms with Gasteiger partial charge in [0.2, 0.25) is 0 Å². The van der Waals surface area contributed by atoms with Crippen molar-refractivity contribution in [1.29, 1.82) is 0 Å². The normalized spacial score (nSPS) is 12.9. The molecule has 84 valence electrons. The van der Waals surface area contributed by atoms with Gasteiger partial charge in [0.25, 0.3) is 5.12 Å². The Balaban J connectivity index is 4.39. The standard InChI is InChI=1S/C6H9F3O3S2/c1-2-3-4-13-5(10)6(7,8)14(9,11)12/h2-4H2,1H3. The summed E-state index contributed by atoms with van der Waals surface area (Å²) in [4.78, 5) is 10.6. The molecule has 0 heterocycles. The van der Waals surface area contributed by atoms with Gasteiger partial charge < -0.3 is 0 Å². The lowest BCUT2D eigenvalue weighted by Crippen LogP contribution is -2.33. The highest BCUT2D eigenvalue weighted by Gasteiger charge is 2.53. The molecule has 0 unspecified atom stereocenters. The van der Waals surface area contributed by atoms with E-state index < -0.39 is 20.6 Å². The van der Waals surface area contributed by atoms with Crippen LogP contribution in [-0.2, 0) is 15.0 Å². The molecule has 0 saturated carbocycles. The zero-order valence-electron chi connectivity index (χ0n) is 7.30. The molecule has 0 saturated heterocycles. The SMILES string of the molecule is CCCCSC(=O)C(F)(F)S(=O)(=O)F. The van der Waals surface area contributed by atoms with Gasteiger partial charge in [-0.1, -0.05) is 29.0 Å². The van der Waals surface area contributed by atoms with Crippen LogP contribution in [0.25, 0.3) is 0 Å². The van der Waals surface area contributed by atoms with Crippen molar-refractivity contribution in [2.45, 2.75) is 25.0 Å². The molecule has 0 bridgehead atoms. The summed E-state index contributed by atoms with van der Waals surface area (Å²) in [5.74, 6) is 0.0560. The first kappa shape index (κ1) is 13.8. The molecule has 0 aromatic rings. The zero-order valence-corrected chi connectivity index (χ0v) is 8.93. The van der Waals surface area contributed by atoms with Gasteiger partial charge in [0.05, 0.1) is 0 Å². The van der Waals surface area contributed by atoms with Crippen molar-refractivity contribution in [3.05, 3.63) is 0 Å². The average Bonchev–Trinajstić information content (AvgIpc) is 2.02. The predicted molar refractivity (Wildman–Crippen MR) is 47.3 cm³/mol. The third-order valence-corrected chi connectivity index (χ3v) is 3.21. The molecule has 0 aliphatic carbocycles. The van der Waals surface area contributed by atoms with Crippen LogP contribution < -0.4 is 0 Å². The number of alkyl halides is 2. The van der Waals surface area contributed by atoms with Crippen LogP contribution in [0.1, 0.15) is 19.8 Å². The summed E-state index contributed by atoms with van der Waals surface area (Å²) in [6.07, 6.45) is 1.16. The topological polar surface area (TPSA) is 51.2 Å². The summed E-state index contributed by atoms with van der Waals surface area (Å²) in [7, 11) is -6.14. The number of thioether (sulfide) groups is 1. The Morgan fingerprint density at radius 1 is 1.43 bits per heavy atom. The van der Waals surface area contributed by atoms with E-state index in [-0.39, 0.29) is 17.5 Å². The molecule has 0 aromatic carbocycles. The van der Waals surface area contributed by atoms with E-state index in [1.165, 1.54) is 0 Å². The van der Waals surface area contributed by atoms with E-state index in [1.807, 2.05) is 0 Å². The van der Waals surface area contributed by atoms with E-state index in [0.29, 0.717) is 12.8 Å². The van der Waals surface area contributed by atoms with Crippen LogP contribution in [0.4, 0.5) is 12.7 Å². The van der Waals surface area contributed by atoms with Crippen molar-refractivity contribution in [1.82, 2.24) is 0 Å². The van der Waals surface area contributed by atoms with Gasteiger partial charge in [0.1, 0.15) is 0 Å². The monoisotopic (exact) mass is 250 g/mol. The maximum absolute atomic E-state index is 12.4. The van der Waals surface area contributed by atoms with Crippen LogP contribution in [0, 0.1) is 0 Å². The van der Waals surface area contributed by atoms with Crippen LogP contribution in [0.15, 0.2) is 0 Å². The Bertz CT molecular complexity index is 299. The first-order chi connectivity index (χ1) is 6.23. The lowest BCUT2D eigenvalue weighted by molar-refractivity contribution is -0.124. The second kappa shape index (κ2) is 5.01. The summed E-state index contributed by atoms with van der Waals surface area (Å²) in [5, 5.41) is -6.89. The average molecular weight is 250 g/mol. The van der Waals surface area contributed by atoms with Crippen LogP contribution >= 0.6 is 11.8 Å². The second-order valence-electron chi connectivity index (χ2n) is 2.44. The van der Waals surface area contributed by atoms with Gasteiger partial charge >= 0.3 is 15.5 Å². The quantitative estimate of drug-likeness (QED) is 0.552. The fraction of sp³-hybridized carbons (Fsp3) is 0.833. The lowest BCUT2D eigenvalue weighted by Gasteiger charge is -2.08. The molecular formula is C6H9F3O3S2. The van der Waals surface area contributed by atoms with Gasteiger partial charge in [-0.25, -0.2) is 0 Å². The fourth-order valence-corrected chi connectivity index (χ4v) is 1.95. The van der Waals surface area contributed by atoms with Crippen LogP contribution in [0.2, 0.25) is 0 Å². The summed E-state index contributed by atoms with van der Waals surface area (Å²) >= 11 is 0.127. The summed E-state index contributed by atoms with van der Waals surface area (Å²) in [6, 6.07) is 0. The minimum atomic E-state index is -6.14. The molecule has 0 N–H and O–H groups in total. The van der Waals surface area contributed by atoms with Gasteiger partial charge in [0.15, 0.2) is 0 Å². The molecule has 0 radical (unpaired) electrons. The Kier molecular flexibility index (Phi) is 4.93. The summed E-state index contributed by atoms with van der Waals surface area (Å²) in [6.45, 7) is 1.77. The first-order valence-electron chi connectivity index (χ1n) is 3.72. The van der Waals surface area contributed by atoms with Crippen molar-refractivity contribution in [2.24, 2.45) is 0 Å². The van der Waals surface area contributed by atoms with E-state index in [1.54, 1.807) is 6.92 Å². The minimum Gasteiger partial charge on any atom is -0.279 e. The van der Waals surface area contributed by atoms with Crippen molar-refractivity contribution in [3.63, 3.8) is 0 Å². The number of rotatable bonds is 5. The Morgan fingerprint density at radius 3 is 2.29 bits per heavy atom. The lowest BCUT2D eigenvalue weighted by atomic mass is 10.4. The number of carbonyl (C=O) groups is 1. The minimum absolute atomic E-state index is 0.0560. The number of unbranched alkanes of at least 4 members (excludes halogenated alkanes) is 1. The van der Waals surface area contributed by atoms with Gasteiger partial charge in [-0.05, 0) is 6.42 Å². The van der Waals surface area contributed by atoms with E-state index in [9.17, 15) is 25.9 Å². The molecule has 0 atom stereocenters. The van der Waals surface area contributed by atoms with E-state index in [0.717, 1.165) is 0 Å². The largest absolute Gasteiger partial charge is 0.441 e. The van der Waals surface area contributed by atoms with Crippen LogP contribution in [0.5, 0.6) is 0 Å². The summed E-state index contributed by atoms with van der Waals surface area (Å²) in [5.41, 5.74) is 0. The highest BCUT2D eigenvalue weighted by molar-refractivity contribution is 8.15. The molecule has 0 spiro atoms. The van der Waals surface area contributed by atoms with E-state index in [4.69, 9.17) is 0 Å². The van der Waals surface area contributed by atoms with Gasteiger partial charge in [-0.3, -0.25) is 4.79 Å². The smallest absolute Gasteiger partial charge is 0.279 e.